The highest BCUT2D eigenvalue weighted by atomic mass is 14.1. The number of benzene rings is 1. The summed E-state index contributed by atoms with van der Waals surface area (Å²) in [6, 6.07) is 9.66. The molecule has 89 valence electrons. The zero-order valence-corrected chi connectivity index (χ0v) is 11.1. The summed E-state index contributed by atoms with van der Waals surface area (Å²) in [7, 11) is 0. The van der Waals surface area contributed by atoms with Crippen molar-refractivity contribution in [2.75, 3.05) is 0 Å². The number of aryl methyl sites for hydroxylation is 1. The smallest absolute Gasteiger partial charge is 0.0149 e. The van der Waals surface area contributed by atoms with Gasteiger partial charge in [0.25, 0.3) is 0 Å². The molecule has 0 nitrogen and oxygen atoms in total. The second-order valence-electron chi connectivity index (χ2n) is 4.85. The molecule has 16 heavy (non-hydrogen) atoms. The van der Waals surface area contributed by atoms with Gasteiger partial charge in [0.15, 0.2) is 0 Å². The fourth-order valence-electron chi connectivity index (χ4n) is 2.28. The van der Waals surface area contributed by atoms with Gasteiger partial charge in [-0.2, -0.15) is 0 Å². The van der Waals surface area contributed by atoms with Crippen LogP contribution in [0.3, 0.4) is 0 Å². The largest absolute Gasteiger partial charge is 0.0654 e. The highest BCUT2D eigenvalue weighted by molar-refractivity contribution is 5.27. The molecule has 1 unspecified atom stereocenters. The fraction of sp³-hybridized carbons (Fsp3) is 0.625. The van der Waals surface area contributed by atoms with Gasteiger partial charge in [-0.25, -0.2) is 0 Å². The van der Waals surface area contributed by atoms with E-state index in [9.17, 15) is 0 Å². The van der Waals surface area contributed by atoms with E-state index in [0.29, 0.717) is 5.92 Å². The maximum atomic E-state index is 3.29. The van der Waals surface area contributed by atoms with Crippen molar-refractivity contribution in [3.05, 3.63) is 35.4 Å². The van der Waals surface area contributed by atoms with Crippen molar-refractivity contribution in [1.82, 2.24) is 0 Å². The minimum Gasteiger partial charge on any atom is -0.0654 e. The van der Waals surface area contributed by atoms with Crippen molar-refractivity contribution < 1.29 is 0 Å². The van der Waals surface area contributed by atoms with Crippen LogP contribution in [0.25, 0.3) is 0 Å². The molecule has 0 heterocycles. The van der Waals surface area contributed by atoms with E-state index in [1.54, 1.807) is 0 Å². The van der Waals surface area contributed by atoms with Gasteiger partial charge in [-0.1, -0.05) is 64.2 Å². The predicted molar refractivity (Wildman–Crippen MR) is 71.8 cm³/mol. The Morgan fingerprint density at radius 2 is 1.94 bits per heavy atom. The average molecular weight is 217 g/mol. The van der Waals surface area contributed by atoms with E-state index in [0.717, 1.165) is 0 Å². The molecule has 0 aromatic heterocycles. The van der Waals surface area contributed by atoms with E-state index in [4.69, 9.17) is 0 Å². The highest BCUT2D eigenvalue weighted by Gasteiger charge is 2.07. The molecule has 0 saturated heterocycles. The molecule has 1 atom stereocenters. The van der Waals surface area contributed by atoms with Gasteiger partial charge in [0.05, 0.1) is 0 Å². The third kappa shape index (κ3) is 4.38. The first-order valence-corrected chi connectivity index (χ1v) is 6.73. The molecule has 0 aliphatic rings. The third-order valence-corrected chi connectivity index (χ3v) is 3.38. The van der Waals surface area contributed by atoms with Crippen LogP contribution in [0.4, 0.5) is 0 Å². The topological polar surface area (TPSA) is 0 Å². The van der Waals surface area contributed by atoms with Crippen LogP contribution in [-0.2, 0) is 0 Å². The summed E-state index contributed by atoms with van der Waals surface area (Å²) in [6.45, 7) is 6.78. The molecule has 0 aliphatic carbocycles. The van der Waals surface area contributed by atoms with E-state index in [1.807, 2.05) is 6.07 Å². The lowest BCUT2D eigenvalue weighted by Crippen LogP contribution is -1.96. The maximum absolute atomic E-state index is 3.29. The van der Waals surface area contributed by atoms with Crippen molar-refractivity contribution in [1.29, 1.82) is 0 Å². The van der Waals surface area contributed by atoms with Crippen LogP contribution in [0.1, 0.15) is 69.4 Å². The van der Waals surface area contributed by atoms with Gasteiger partial charge in [0, 0.05) is 0 Å². The van der Waals surface area contributed by atoms with Gasteiger partial charge in [0.2, 0.25) is 0 Å². The lowest BCUT2D eigenvalue weighted by Gasteiger charge is -2.14. The lowest BCUT2D eigenvalue weighted by atomic mass is 9.91. The van der Waals surface area contributed by atoms with Gasteiger partial charge in [-0.15, -0.1) is 0 Å². The van der Waals surface area contributed by atoms with E-state index in [2.05, 4.69) is 39.0 Å². The molecule has 1 rings (SSSR count). The second-order valence-corrected chi connectivity index (χ2v) is 4.85. The Balaban J connectivity index is 2.30. The molecule has 1 aromatic carbocycles. The van der Waals surface area contributed by atoms with Crippen LogP contribution in [0.2, 0.25) is 0 Å². The highest BCUT2D eigenvalue weighted by Crippen LogP contribution is 2.24. The fourth-order valence-corrected chi connectivity index (χ4v) is 2.28. The summed E-state index contributed by atoms with van der Waals surface area (Å²) < 4.78 is 0. The predicted octanol–water partition coefficient (Wildman–Crippen LogP) is 5.26. The van der Waals surface area contributed by atoms with Crippen molar-refractivity contribution >= 4 is 0 Å². The summed E-state index contributed by atoms with van der Waals surface area (Å²) in [5, 5.41) is 0. The molecule has 0 bridgehead atoms. The molecule has 0 spiro atoms. The minimum atomic E-state index is 0.694. The summed E-state index contributed by atoms with van der Waals surface area (Å²) in [4.78, 5) is 0. The molecule has 0 N–H and O–H groups in total. The standard InChI is InChI=1S/C16H25/c1-4-5-6-7-8-11-14(2)16-13-10-9-12-15(16)3/h9-10,13-14H,4-8,11H2,1-3H3. The lowest BCUT2D eigenvalue weighted by molar-refractivity contribution is 0.565. The van der Waals surface area contributed by atoms with E-state index in [1.165, 1.54) is 49.7 Å². The Labute approximate surface area is 101 Å². The normalized spacial score (nSPS) is 12.7. The molecule has 1 aromatic rings. The van der Waals surface area contributed by atoms with Crippen LogP contribution in [0, 0.1) is 13.0 Å². The Kier molecular flexibility index (Phi) is 6.22. The number of unbranched alkanes of at least 4 members (excludes halogenated alkanes) is 4. The molecule has 0 heteroatoms. The van der Waals surface area contributed by atoms with Crippen LogP contribution in [0.15, 0.2) is 18.2 Å². The second kappa shape index (κ2) is 7.49. The van der Waals surface area contributed by atoms with Gasteiger partial charge in [-0.05, 0) is 36.5 Å². The Morgan fingerprint density at radius 1 is 1.19 bits per heavy atom. The van der Waals surface area contributed by atoms with E-state index >= 15 is 0 Å². The molecule has 0 fully saturated rings. The van der Waals surface area contributed by atoms with Crippen molar-refractivity contribution in [3.63, 3.8) is 0 Å². The van der Waals surface area contributed by atoms with Crippen LogP contribution in [0.5, 0.6) is 0 Å². The summed E-state index contributed by atoms with van der Waals surface area (Å²) >= 11 is 0. The first-order chi connectivity index (χ1) is 7.75. The van der Waals surface area contributed by atoms with Crippen molar-refractivity contribution in [2.24, 2.45) is 0 Å². The van der Waals surface area contributed by atoms with Crippen LogP contribution < -0.4 is 0 Å². The summed E-state index contributed by atoms with van der Waals surface area (Å²) in [5.74, 6) is 0.694. The molecular weight excluding hydrogens is 192 g/mol. The average Bonchev–Trinajstić information content (AvgIpc) is 2.29. The summed E-state index contributed by atoms with van der Waals surface area (Å²) in [5.41, 5.74) is 2.81. The molecule has 0 saturated carbocycles. The third-order valence-electron chi connectivity index (χ3n) is 3.38. The quantitative estimate of drug-likeness (QED) is 0.546. The zero-order chi connectivity index (χ0) is 11.8. The molecule has 0 aliphatic heterocycles. The number of hydrogen-bond acceptors (Lipinski definition) is 0. The van der Waals surface area contributed by atoms with E-state index in [-0.39, 0.29) is 0 Å². The Hall–Kier alpha value is -0.780. The first kappa shape index (κ1) is 13.3. The van der Waals surface area contributed by atoms with E-state index < -0.39 is 0 Å². The first-order valence-electron chi connectivity index (χ1n) is 6.73. The van der Waals surface area contributed by atoms with Gasteiger partial charge < -0.3 is 0 Å². The molecule has 0 amide bonds. The monoisotopic (exact) mass is 217 g/mol. The number of hydrogen-bond donors (Lipinski definition) is 0. The zero-order valence-electron chi connectivity index (χ0n) is 11.1. The maximum Gasteiger partial charge on any atom is -0.0149 e. The SMILES string of the molecule is CCCCCCCC(C)c1ccc[c]c1C. The van der Waals surface area contributed by atoms with Gasteiger partial charge in [0.1, 0.15) is 0 Å². The van der Waals surface area contributed by atoms with Crippen molar-refractivity contribution in [3.8, 4) is 0 Å². The Bertz CT molecular complexity index is 288. The van der Waals surface area contributed by atoms with Crippen LogP contribution >= 0.6 is 0 Å². The molecular formula is C16H25. The Morgan fingerprint density at radius 3 is 2.62 bits per heavy atom. The van der Waals surface area contributed by atoms with Gasteiger partial charge in [-0.3, -0.25) is 0 Å². The molecule has 1 radical (unpaired) electrons. The number of rotatable bonds is 7. The summed E-state index contributed by atoms with van der Waals surface area (Å²) in [6.07, 6.45) is 8.23. The van der Waals surface area contributed by atoms with Gasteiger partial charge >= 0.3 is 0 Å². The minimum absolute atomic E-state index is 0.694. The van der Waals surface area contributed by atoms with Crippen LogP contribution in [-0.4, -0.2) is 0 Å². The van der Waals surface area contributed by atoms with Crippen molar-refractivity contribution in [2.45, 2.75) is 65.2 Å².